The Hall–Kier alpha value is -1.88. The van der Waals surface area contributed by atoms with Crippen molar-refractivity contribution < 1.29 is 23.8 Å². The Morgan fingerprint density at radius 1 is 1.09 bits per heavy atom. The molecule has 0 bridgehead atoms. The predicted octanol–water partition coefficient (Wildman–Crippen LogP) is 2.87. The predicted molar refractivity (Wildman–Crippen MR) is 84.5 cm³/mol. The highest BCUT2D eigenvalue weighted by molar-refractivity contribution is 5.69. The van der Waals surface area contributed by atoms with Crippen molar-refractivity contribution in [2.24, 2.45) is 5.92 Å². The first kappa shape index (κ1) is 17.5. The van der Waals surface area contributed by atoms with E-state index in [9.17, 15) is 9.59 Å². The molecule has 0 N–H and O–H groups in total. The van der Waals surface area contributed by atoms with E-state index in [-0.39, 0.29) is 30.1 Å². The third-order valence-electron chi connectivity index (χ3n) is 4.06. The van der Waals surface area contributed by atoms with Gasteiger partial charge in [-0.1, -0.05) is 30.3 Å². The maximum Gasteiger partial charge on any atom is 0.305 e. The molecule has 1 saturated carbocycles. The van der Waals surface area contributed by atoms with Crippen LogP contribution in [0.4, 0.5) is 0 Å². The molecule has 126 valence electrons. The summed E-state index contributed by atoms with van der Waals surface area (Å²) in [7, 11) is 1.39. The number of ether oxygens (including phenoxy) is 3. The normalized spacial score (nSPS) is 24.0. The molecular weight excluding hydrogens is 296 g/mol. The Morgan fingerprint density at radius 3 is 2.43 bits per heavy atom. The van der Waals surface area contributed by atoms with Crippen LogP contribution in [0.15, 0.2) is 30.3 Å². The molecule has 0 saturated heterocycles. The Balaban J connectivity index is 1.93. The third kappa shape index (κ3) is 6.02. The lowest BCUT2D eigenvalue weighted by molar-refractivity contribution is -0.153. The minimum absolute atomic E-state index is 0.0250. The first-order chi connectivity index (χ1) is 11.1. The van der Waals surface area contributed by atoms with E-state index in [1.165, 1.54) is 14.0 Å². The quantitative estimate of drug-likeness (QED) is 0.754. The zero-order valence-corrected chi connectivity index (χ0v) is 13.7. The zero-order chi connectivity index (χ0) is 16.7. The molecule has 5 heteroatoms. The summed E-state index contributed by atoms with van der Waals surface area (Å²) in [5.41, 5.74) is 1.10. The van der Waals surface area contributed by atoms with E-state index in [1.807, 2.05) is 30.3 Å². The lowest BCUT2D eigenvalue weighted by Crippen LogP contribution is -2.35. The highest BCUT2D eigenvalue weighted by Gasteiger charge is 2.32. The smallest absolute Gasteiger partial charge is 0.305 e. The number of hydrogen-bond acceptors (Lipinski definition) is 5. The fourth-order valence-electron chi connectivity index (χ4n) is 3.07. The Morgan fingerprint density at radius 2 is 1.78 bits per heavy atom. The van der Waals surface area contributed by atoms with Crippen LogP contribution in [-0.2, 0) is 30.4 Å². The Labute approximate surface area is 136 Å². The van der Waals surface area contributed by atoms with Crippen LogP contribution in [0.1, 0.15) is 38.2 Å². The van der Waals surface area contributed by atoms with Crippen LogP contribution >= 0.6 is 0 Å². The van der Waals surface area contributed by atoms with Gasteiger partial charge < -0.3 is 14.2 Å². The third-order valence-corrected chi connectivity index (χ3v) is 4.06. The Kier molecular flexibility index (Phi) is 6.59. The van der Waals surface area contributed by atoms with Crippen molar-refractivity contribution in [3.05, 3.63) is 35.9 Å². The summed E-state index contributed by atoms with van der Waals surface area (Å²) < 4.78 is 16.1. The molecule has 0 aromatic heterocycles. The number of hydrogen-bond donors (Lipinski definition) is 0. The van der Waals surface area contributed by atoms with Gasteiger partial charge in [0.25, 0.3) is 0 Å². The molecule has 0 radical (unpaired) electrons. The minimum atomic E-state index is -0.296. The summed E-state index contributed by atoms with van der Waals surface area (Å²) in [5.74, 6) is -0.419. The van der Waals surface area contributed by atoms with Crippen molar-refractivity contribution in [3.8, 4) is 0 Å². The van der Waals surface area contributed by atoms with Gasteiger partial charge in [0.15, 0.2) is 0 Å². The molecule has 1 aliphatic rings. The molecule has 1 aromatic carbocycles. The van der Waals surface area contributed by atoms with Gasteiger partial charge in [0.2, 0.25) is 0 Å². The van der Waals surface area contributed by atoms with Crippen molar-refractivity contribution in [2.75, 3.05) is 7.11 Å². The molecule has 23 heavy (non-hydrogen) atoms. The largest absolute Gasteiger partial charge is 0.469 e. The van der Waals surface area contributed by atoms with E-state index >= 15 is 0 Å². The van der Waals surface area contributed by atoms with E-state index in [0.717, 1.165) is 12.0 Å². The highest BCUT2D eigenvalue weighted by atomic mass is 16.5. The fraction of sp³-hybridized carbons (Fsp3) is 0.556. The van der Waals surface area contributed by atoms with Gasteiger partial charge in [-0.15, -0.1) is 0 Å². The monoisotopic (exact) mass is 320 g/mol. The molecule has 0 spiro atoms. The second-order valence-electron chi connectivity index (χ2n) is 6.00. The number of benzene rings is 1. The van der Waals surface area contributed by atoms with Gasteiger partial charge in [-0.05, 0) is 24.3 Å². The van der Waals surface area contributed by atoms with Crippen LogP contribution in [0.25, 0.3) is 0 Å². The van der Waals surface area contributed by atoms with E-state index in [0.29, 0.717) is 25.9 Å². The zero-order valence-electron chi connectivity index (χ0n) is 13.7. The molecular formula is C18H24O5. The topological polar surface area (TPSA) is 61.8 Å². The molecule has 3 atom stereocenters. The molecule has 5 nitrogen and oxygen atoms in total. The van der Waals surface area contributed by atoms with E-state index in [4.69, 9.17) is 14.2 Å². The highest BCUT2D eigenvalue weighted by Crippen LogP contribution is 2.31. The van der Waals surface area contributed by atoms with Gasteiger partial charge in [-0.3, -0.25) is 9.59 Å². The van der Waals surface area contributed by atoms with Crippen molar-refractivity contribution >= 4 is 11.9 Å². The van der Waals surface area contributed by atoms with E-state index in [1.54, 1.807) is 0 Å². The van der Waals surface area contributed by atoms with Crippen LogP contribution in [0, 0.1) is 5.92 Å². The second-order valence-corrected chi connectivity index (χ2v) is 6.00. The van der Waals surface area contributed by atoms with Gasteiger partial charge >= 0.3 is 11.9 Å². The summed E-state index contributed by atoms with van der Waals surface area (Å²) in [5, 5.41) is 0. The first-order valence-electron chi connectivity index (χ1n) is 7.96. The number of carbonyl (C=O) groups is 2. The summed E-state index contributed by atoms with van der Waals surface area (Å²) in [6.45, 7) is 1.92. The first-order valence-corrected chi connectivity index (χ1v) is 7.96. The van der Waals surface area contributed by atoms with Crippen molar-refractivity contribution in [1.29, 1.82) is 0 Å². The average molecular weight is 320 g/mol. The summed E-state index contributed by atoms with van der Waals surface area (Å²) in [6, 6.07) is 9.94. The van der Waals surface area contributed by atoms with Gasteiger partial charge in [0.05, 0.1) is 19.8 Å². The molecule has 1 fully saturated rings. The maximum absolute atomic E-state index is 11.5. The van der Waals surface area contributed by atoms with E-state index < -0.39 is 0 Å². The van der Waals surface area contributed by atoms with Crippen LogP contribution in [0.3, 0.4) is 0 Å². The molecule has 1 aliphatic carbocycles. The van der Waals surface area contributed by atoms with Crippen LogP contribution < -0.4 is 0 Å². The number of esters is 2. The molecule has 0 amide bonds. The summed E-state index contributed by atoms with van der Waals surface area (Å²) in [4.78, 5) is 22.8. The summed E-state index contributed by atoms with van der Waals surface area (Å²) in [6.07, 6.45) is 2.24. The number of rotatable bonds is 6. The molecule has 0 heterocycles. The van der Waals surface area contributed by atoms with Crippen molar-refractivity contribution in [2.45, 2.75) is 51.4 Å². The average Bonchev–Trinajstić information content (AvgIpc) is 2.53. The van der Waals surface area contributed by atoms with Crippen LogP contribution in [0.2, 0.25) is 0 Å². The van der Waals surface area contributed by atoms with E-state index in [2.05, 4.69) is 0 Å². The fourth-order valence-corrected chi connectivity index (χ4v) is 3.07. The molecule has 0 aliphatic heterocycles. The summed E-state index contributed by atoms with van der Waals surface area (Å²) >= 11 is 0. The maximum atomic E-state index is 11.5. The molecule has 2 rings (SSSR count). The molecule has 0 unspecified atom stereocenters. The second kappa shape index (κ2) is 8.67. The SMILES string of the molecule is COC(=O)C[C@H]1C[C@@H](OCc2ccccc2)C[C@H](OC(C)=O)C1. The van der Waals surface area contributed by atoms with Gasteiger partial charge in [0, 0.05) is 19.8 Å². The minimum Gasteiger partial charge on any atom is -0.469 e. The number of methoxy groups -OCH3 is 1. The lowest BCUT2D eigenvalue weighted by atomic mass is 9.83. The Bertz CT molecular complexity index is 513. The van der Waals surface area contributed by atoms with Crippen LogP contribution in [0.5, 0.6) is 0 Å². The standard InChI is InChI=1S/C18H24O5/c1-13(19)23-17-9-15(10-18(20)21-2)8-16(11-17)22-12-14-6-4-3-5-7-14/h3-7,15-17H,8-12H2,1-2H3/t15-,16+,17+/m0/s1. The van der Waals surface area contributed by atoms with Crippen molar-refractivity contribution in [1.82, 2.24) is 0 Å². The van der Waals surface area contributed by atoms with Gasteiger partial charge in [-0.2, -0.15) is 0 Å². The van der Waals surface area contributed by atoms with Crippen LogP contribution in [-0.4, -0.2) is 31.3 Å². The van der Waals surface area contributed by atoms with Crippen molar-refractivity contribution in [3.63, 3.8) is 0 Å². The van der Waals surface area contributed by atoms with Gasteiger partial charge in [-0.25, -0.2) is 0 Å². The van der Waals surface area contributed by atoms with Gasteiger partial charge in [0.1, 0.15) is 6.10 Å². The molecule has 1 aromatic rings. The number of carbonyl (C=O) groups excluding carboxylic acids is 2. The lowest BCUT2D eigenvalue weighted by Gasteiger charge is -2.34.